The lowest BCUT2D eigenvalue weighted by atomic mass is 9.64. The number of ether oxygens (including phenoxy) is 1. The zero-order chi connectivity index (χ0) is 19.8. The standard InChI is InChI=1S/C22H34N4O2/c1-26(2)20(27)16-24-21(23-15-19-11-6-7-14-28-19)25-17-22(12-8-13-22)18-9-4-3-5-10-18/h3-5,9-10,19H,6-8,11-17H2,1-2H3,(H2,23,24,25). The maximum Gasteiger partial charge on any atom is 0.243 e. The summed E-state index contributed by atoms with van der Waals surface area (Å²) in [6.45, 7) is 2.53. The molecular formula is C22H34N4O2. The maximum absolute atomic E-state index is 12.0. The summed E-state index contributed by atoms with van der Waals surface area (Å²) in [5.41, 5.74) is 1.55. The zero-order valence-electron chi connectivity index (χ0n) is 17.2. The summed E-state index contributed by atoms with van der Waals surface area (Å²) in [5, 5.41) is 6.91. The molecule has 2 N–H and O–H groups in total. The van der Waals surface area contributed by atoms with Gasteiger partial charge in [-0.1, -0.05) is 36.8 Å². The van der Waals surface area contributed by atoms with Crippen molar-refractivity contribution in [2.75, 3.05) is 40.3 Å². The third-order valence-electron chi connectivity index (χ3n) is 5.93. The number of nitrogens with zero attached hydrogens (tertiary/aromatic N) is 2. The highest BCUT2D eigenvalue weighted by atomic mass is 16.5. The van der Waals surface area contributed by atoms with Gasteiger partial charge in [0.1, 0.15) is 6.54 Å². The summed E-state index contributed by atoms with van der Waals surface area (Å²) in [7, 11) is 3.51. The van der Waals surface area contributed by atoms with Crippen molar-refractivity contribution in [3.8, 4) is 0 Å². The van der Waals surface area contributed by atoms with Crippen LogP contribution in [0.1, 0.15) is 44.1 Å². The summed E-state index contributed by atoms with van der Waals surface area (Å²) in [6, 6.07) is 10.7. The van der Waals surface area contributed by atoms with E-state index in [0.717, 1.165) is 32.5 Å². The van der Waals surface area contributed by atoms with Crippen molar-refractivity contribution >= 4 is 11.9 Å². The first-order valence-electron chi connectivity index (χ1n) is 10.5. The molecule has 2 fully saturated rings. The van der Waals surface area contributed by atoms with Crippen LogP contribution in [0.4, 0.5) is 0 Å². The van der Waals surface area contributed by atoms with Crippen LogP contribution in [0.5, 0.6) is 0 Å². The Balaban J connectivity index is 1.62. The maximum atomic E-state index is 12.0. The summed E-state index contributed by atoms with van der Waals surface area (Å²) < 4.78 is 5.82. The minimum absolute atomic E-state index is 0.00330. The Hall–Kier alpha value is -2.08. The fourth-order valence-corrected chi connectivity index (χ4v) is 3.86. The third kappa shape index (κ3) is 5.47. The van der Waals surface area contributed by atoms with Crippen LogP contribution in [0.2, 0.25) is 0 Å². The van der Waals surface area contributed by atoms with Gasteiger partial charge in [-0.2, -0.15) is 0 Å². The summed E-state index contributed by atoms with van der Waals surface area (Å²) in [5.74, 6) is 0.697. The van der Waals surface area contributed by atoms with E-state index in [1.165, 1.54) is 31.2 Å². The Bertz CT molecular complexity index is 650. The molecule has 0 radical (unpaired) electrons. The highest BCUT2D eigenvalue weighted by Gasteiger charge is 2.38. The van der Waals surface area contributed by atoms with Crippen molar-refractivity contribution in [1.82, 2.24) is 15.5 Å². The molecule has 6 nitrogen and oxygen atoms in total. The first-order valence-corrected chi connectivity index (χ1v) is 10.5. The topological polar surface area (TPSA) is 66.0 Å². The highest BCUT2D eigenvalue weighted by molar-refractivity contribution is 5.84. The fourth-order valence-electron chi connectivity index (χ4n) is 3.86. The average Bonchev–Trinajstić information content (AvgIpc) is 2.69. The van der Waals surface area contributed by atoms with Crippen LogP contribution in [0.25, 0.3) is 0 Å². The molecule has 1 saturated carbocycles. The van der Waals surface area contributed by atoms with Crippen LogP contribution in [-0.4, -0.2) is 63.2 Å². The van der Waals surface area contributed by atoms with Gasteiger partial charge in [0.25, 0.3) is 0 Å². The number of amides is 1. The summed E-state index contributed by atoms with van der Waals surface area (Å²) in [4.78, 5) is 18.1. The van der Waals surface area contributed by atoms with Gasteiger partial charge in [0.05, 0.1) is 6.10 Å². The number of carbonyl (C=O) groups excluding carboxylic acids is 1. The second kappa shape index (κ2) is 9.92. The van der Waals surface area contributed by atoms with Crippen LogP contribution < -0.4 is 10.6 Å². The van der Waals surface area contributed by atoms with Crippen molar-refractivity contribution in [3.63, 3.8) is 0 Å². The molecular weight excluding hydrogens is 352 g/mol. The molecule has 1 amide bonds. The number of aliphatic imine (C=N–C) groups is 1. The first kappa shape index (κ1) is 20.6. The molecule has 1 saturated heterocycles. The van der Waals surface area contributed by atoms with Crippen molar-refractivity contribution < 1.29 is 9.53 Å². The number of hydrogen-bond donors (Lipinski definition) is 2. The quantitative estimate of drug-likeness (QED) is 0.557. The molecule has 1 heterocycles. The number of carbonyl (C=O) groups is 1. The molecule has 3 rings (SSSR count). The number of guanidine groups is 1. The van der Waals surface area contributed by atoms with Gasteiger partial charge in [0, 0.05) is 39.2 Å². The van der Waals surface area contributed by atoms with Gasteiger partial charge in [0.15, 0.2) is 5.96 Å². The molecule has 1 unspecified atom stereocenters. The van der Waals surface area contributed by atoms with Crippen LogP contribution >= 0.6 is 0 Å². The summed E-state index contributed by atoms with van der Waals surface area (Å²) in [6.07, 6.45) is 7.27. The van der Waals surface area contributed by atoms with Gasteiger partial charge in [0.2, 0.25) is 5.91 Å². The van der Waals surface area contributed by atoms with Crippen molar-refractivity contribution in [3.05, 3.63) is 35.9 Å². The number of likely N-dealkylation sites (N-methyl/N-ethyl adjacent to an activating group) is 1. The molecule has 6 heteroatoms. The summed E-state index contributed by atoms with van der Waals surface area (Å²) >= 11 is 0. The van der Waals surface area contributed by atoms with E-state index in [1.54, 1.807) is 19.0 Å². The Morgan fingerprint density at radius 3 is 2.57 bits per heavy atom. The van der Waals surface area contributed by atoms with Gasteiger partial charge >= 0.3 is 0 Å². The predicted molar refractivity (Wildman–Crippen MR) is 113 cm³/mol. The second-order valence-electron chi connectivity index (χ2n) is 8.18. The Labute approximate surface area is 168 Å². The third-order valence-corrected chi connectivity index (χ3v) is 5.93. The Morgan fingerprint density at radius 1 is 1.18 bits per heavy atom. The minimum Gasteiger partial charge on any atom is -0.376 e. The van der Waals surface area contributed by atoms with E-state index in [2.05, 4.69) is 46.0 Å². The molecule has 0 bridgehead atoms. The van der Waals surface area contributed by atoms with Gasteiger partial charge < -0.3 is 20.3 Å². The van der Waals surface area contributed by atoms with Crippen LogP contribution in [0, 0.1) is 0 Å². The molecule has 28 heavy (non-hydrogen) atoms. The van der Waals surface area contributed by atoms with E-state index in [-0.39, 0.29) is 24.0 Å². The lowest BCUT2D eigenvalue weighted by Crippen LogP contribution is -2.50. The van der Waals surface area contributed by atoms with Crippen molar-refractivity contribution in [2.24, 2.45) is 4.99 Å². The lowest BCUT2D eigenvalue weighted by molar-refractivity contribution is -0.127. The highest BCUT2D eigenvalue weighted by Crippen LogP contribution is 2.43. The van der Waals surface area contributed by atoms with Gasteiger partial charge in [-0.05, 0) is 37.7 Å². The largest absolute Gasteiger partial charge is 0.376 e. The van der Waals surface area contributed by atoms with E-state index in [1.807, 2.05) is 0 Å². The lowest BCUT2D eigenvalue weighted by Gasteiger charge is -2.43. The number of benzene rings is 1. The van der Waals surface area contributed by atoms with Gasteiger partial charge in [-0.3, -0.25) is 4.79 Å². The minimum atomic E-state index is -0.00330. The van der Waals surface area contributed by atoms with Gasteiger partial charge in [-0.25, -0.2) is 4.99 Å². The zero-order valence-corrected chi connectivity index (χ0v) is 17.2. The van der Waals surface area contributed by atoms with E-state index < -0.39 is 0 Å². The second-order valence-corrected chi connectivity index (χ2v) is 8.18. The molecule has 2 aliphatic rings. The molecule has 1 aromatic rings. The normalized spacial score (nSPS) is 21.5. The van der Waals surface area contributed by atoms with E-state index in [0.29, 0.717) is 5.96 Å². The SMILES string of the molecule is CN(C)C(=O)CN=C(NCC1CCCCO1)NCC1(c2ccccc2)CCC1. The molecule has 0 spiro atoms. The van der Waals surface area contributed by atoms with Crippen LogP contribution in [0.15, 0.2) is 35.3 Å². The fraction of sp³-hybridized carbons (Fsp3) is 0.636. The molecule has 154 valence electrons. The number of hydrogen-bond acceptors (Lipinski definition) is 3. The monoisotopic (exact) mass is 386 g/mol. The molecule has 1 atom stereocenters. The Kier molecular flexibility index (Phi) is 7.31. The molecule has 1 aliphatic carbocycles. The smallest absolute Gasteiger partial charge is 0.243 e. The number of rotatable bonds is 7. The average molecular weight is 387 g/mol. The predicted octanol–water partition coefficient (Wildman–Crippen LogP) is 2.30. The van der Waals surface area contributed by atoms with E-state index >= 15 is 0 Å². The number of nitrogens with one attached hydrogen (secondary N) is 2. The Morgan fingerprint density at radius 2 is 1.96 bits per heavy atom. The molecule has 1 aliphatic heterocycles. The van der Waals surface area contributed by atoms with Crippen LogP contribution in [-0.2, 0) is 14.9 Å². The van der Waals surface area contributed by atoms with Crippen LogP contribution in [0.3, 0.4) is 0 Å². The van der Waals surface area contributed by atoms with Crippen molar-refractivity contribution in [1.29, 1.82) is 0 Å². The van der Waals surface area contributed by atoms with E-state index in [4.69, 9.17) is 4.74 Å². The van der Waals surface area contributed by atoms with Crippen molar-refractivity contribution in [2.45, 2.75) is 50.0 Å². The molecule has 1 aromatic carbocycles. The van der Waals surface area contributed by atoms with Gasteiger partial charge in [-0.15, -0.1) is 0 Å². The molecule has 0 aromatic heterocycles. The van der Waals surface area contributed by atoms with E-state index in [9.17, 15) is 4.79 Å². The first-order chi connectivity index (χ1) is 13.6.